The number of nitro groups is 1. The zero-order chi connectivity index (χ0) is 20.3. The number of rotatable bonds is 4. The number of imide groups is 1. The highest BCUT2D eigenvalue weighted by Crippen LogP contribution is 2.52. The van der Waals surface area contributed by atoms with Crippen LogP contribution in [0.3, 0.4) is 0 Å². The highest BCUT2D eigenvalue weighted by atomic mass is 16.6. The molecular weight excluding hydrogens is 374 g/mol. The number of carbonyl (C=O) groups excluding carboxylic acids is 2. The van der Waals surface area contributed by atoms with E-state index in [2.05, 4.69) is 5.10 Å². The van der Waals surface area contributed by atoms with E-state index in [9.17, 15) is 19.7 Å². The van der Waals surface area contributed by atoms with Crippen LogP contribution in [0, 0.1) is 40.7 Å². The molecule has 0 radical (unpaired) electrons. The number of hydrogen-bond acceptors (Lipinski definition) is 6. The lowest BCUT2D eigenvalue weighted by atomic mass is 9.85. The first kappa shape index (κ1) is 17.5. The van der Waals surface area contributed by atoms with Gasteiger partial charge in [0.05, 0.1) is 23.0 Å². The van der Waals surface area contributed by atoms with Gasteiger partial charge in [0.2, 0.25) is 0 Å². The first-order chi connectivity index (χ1) is 13.9. The van der Waals surface area contributed by atoms with Crippen LogP contribution in [0.1, 0.15) is 17.7 Å². The number of furan rings is 1. The van der Waals surface area contributed by atoms with Crippen LogP contribution in [-0.4, -0.2) is 28.0 Å². The molecule has 1 aliphatic heterocycles. The highest BCUT2D eigenvalue weighted by Gasteiger charge is 2.59. The van der Waals surface area contributed by atoms with Crippen LogP contribution < -0.4 is 0 Å². The number of fused-ring (bicyclic) bond motifs is 5. The SMILES string of the molecule is Cc1ccc([N+](=O)[O-])cc1-c1ccc(/C=N\N2C(=O)[C@H]3[C@H](C2=O)[C@H]2C=C[C@H]3C2)o1. The summed E-state index contributed by atoms with van der Waals surface area (Å²) in [5.41, 5.74) is 1.40. The van der Waals surface area contributed by atoms with Crippen LogP contribution in [-0.2, 0) is 9.59 Å². The summed E-state index contributed by atoms with van der Waals surface area (Å²) in [6.45, 7) is 1.83. The van der Waals surface area contributed by atoms with Gasteiger partial charge in [0.15, 0.2) is 0 Å². The summed E-state index contributed by atoms with van der Waals surface area (Å²) in [4.78, 5) is 35.9. The average Bonchev–Trinajstić information content (AvgIpc) is 3.46. The summed E-state index contributed by atoms with van der Waals surface area (Å²) in [7, 11) is 0. The Labute approximate surface area is 165 Å². The monoisotopic (exact) mass is 391 g/mol. The Bertz CT molecular complexity index is 1090. The Balaban J connectivity index is 1.38. The summed E-state index contributed by atoms with van der Waals surface area (Å²) in [6, 6.07) is 7.88. The number of non-ortho nitro benzene ring substituents is 1. The number of amides is 2. The van der Waals surface area contributed by atoms with Crippen molar-refractivity contribution in [1.82, 2.24) is 5.01 Å². The van der Waals surface area contributed by atoms with Gasteiger partial charge in [-0.25, -0.2) is 0 Å². The normalized spacial score (nSPS) is 27.4. The lowest BCUT2D eigenvalue weighted by molar-refractivity contribution is -0.384. The van der Waals surface area contributed by atoms with E-state index in [1.54, 1.807) is 18.2 Å². The third-order valence-corrected chi connectivity index (χ3v) is 6.07. The van der Waals surface area contributed by atoms with Crippen molar-refractivity contribution in [3.63, 3.8) is 0 Å². The maximum atomic E-state index is 12.6. The molecule has 0 spiro atoms. The van der Waals surface area contributed by atoms with Gasteiger partial charge in [-0.2, -0.15) is 10.1 Å². The van der Waals surface area contributed by atoms with Crippen LogP contribution in [0.25, 0.3) is 11.3 Å². The van der Waals surface area contributed by atoms with Gasteiger partial charge in [0.25, 0.3) is 17.5 Å². The number of hydrazone groups is 1. The molecular formula is C21H17N3O5. The average molecular weight is 391 g/mol. The van der Waals surface area contributed by atoms with E-state index in [0.717, 1.165) is 17.0 Å². The molecule has 3 aliphatic rings. The number of benzene rings is 1. The van der Waals surface area contributed by atoms with Crippen LogP contribution in [0.15, 0.2) is 52.0 Å². The second-order valence-corrected chi connectivity index (χ2v) is 7.69. The summed E-state index contributed by atoms with van der Waals surface area (Å²) in [6.07, 6.45) is 6.27. The predicted octanol–water partition coefficient (Wildman–Crippen LogP) is 3.30. The summed E-state index contributed by atoms with van der Waals surface area (Å²) in [5, 5.41) is 16.1. The molecule has 0 unspecified atom stereocenters. The Kier molecular flexibility index (Phi) is 3.77. The van der Waals surface area contributed by atoms with Crippen LogP contribution >= 0.6 is 0 Å². The molecule has 1 saturated carbocycles. The highest BCUT2D eigenvalue weighted by molar-refractivity contribution is 6.06. The van der Waals surface area contributed by atoms with E-state index in [1.165, 1.54) is 18.3 Å². The third-order valence-electron chi connectivity index (χ3n) is 6.07. The maximum Gasteiger partial charge on any atom is 0.270 e. The quantitative estimate of drug-likeness (QED) is 0.261. The van der Waals surface area contributed by atoms with Crippen molar-refractivity contribution in [2.75, 3.05) is 0 Å². The minimum atomic E-state index is -0.461. The largest absolute Gasteiger partial charge is 0.455 e. The zero-order valence-corrected chi connectivity index (χ0v) is 15.5. The van der Waals surface area contributed by atoms with Crippen molar-refractivity contribution < 1.29 is 18.9 Å². The fourth-order valence-corrected chi connectivity index (χ4v) is 4.67. The molecule has 1 saturated heterocycles. The molecule has 5 rings (SSSR count). The number of hydrogen-bond donors (Lipinski definition) is 0. The molecule has 2 aliphatic carbocycles. The van der Waals surface area contributed by atoms with E-state index in [-0.39, 0.29) is 41.2 Å². The number of aryl methyl sites for hydroxylation is 1. The van der Waals surface area contributed by atoms with E-state index in [1.807, 2.05) is 19.1 Å². The van der Waals surface area contributed by atoms with E-state index in [0.29, 0.717) is 17.1 Å². The topological polar surface area (TPSA) is 106 Å². The summed E-state index contributed by atoms with van der Waals surface area (Å²) < 4.78 is 5.73. The first-order valence-electron chi connectivity index (χ1n) is 9.39. The number of nitrogens with zero attached hydrogens (tertiary/aromatic N) is 3. The van der Waals surface area contributed by atoms with Crippen molar-refractivity contribution in [3.05, 3.63) is 63.9 Å². The second kappa shape index (κ2) is 6.23. The van der Waals surface area contributed by atoms with Crippen molar-refractivity contribution in [3.8, 4) is 11.3 Å². The molecule has 2 fully saturated rings. The molecule has 2 bridgehead atoms. The Hall–Kier alpha value is -3.55. The van der Waals surface area contributed by atoms with Gasteiger partial charge < -0.3 is 4.42 Å². The van der Waals surface area contributed by atoms with E-state index >= 15 is 0 Å². The molecule has 1 aromatic carbocycles. The standard InChI is InChI=1S/C21H17N3O5/c1-11-2-5-14(24(27)28)9-16(11)17-7-6-15(29-17)10-22-23-20(25)18-12-3-4-13(8-12)19(18)21(23)26/h2-7,9-10,12-13,18-19H,8H2,1H3/b22-10-/t12-,13-,18+,19+/m0/s1. The van der Waals surface area contributed by atoms with Gasteiger partial charge in [0, 0.05) is 17.7 Å². The number of carbonyl (C=O) groups is 2. The van der Waals surface area contributed by atoms with Crippen molar-refractivity contribution in [1.29, 1.82) is 0 Å². The minimum absolute atomic E-state index is 0.0275. The van der Waals surface area contributed by atoms with Crippen molar-refractivity contribution in [2.45, 2.75) is 13.3 Å². The predicted molar refractivity (Wildman–Crippen MR) is 103 cm³/mol. The summed E-state index contributed by atoms with van der Waals surface area (Å²) >= 11 is 0. The fraction of sp³-hybridized carbons (Fsp3) is 0.286. The Morgan fingerprint density at radius 2 is 1.83 bits per heavy atom. The molecule has 2 aromatic rings. The van der Waals surface area contributed by atoms with E-state index in [4.69, 9.17) is 4.42 Å². The van der Waals surface area contributed by atoms with Gasteiger partial charge in [0.1, 0.15) is 11.5 Å². The molecule has 146 valence electrons. The third kappa shape index (κ3) is 2.63. The number of nitro benzene ring substituents is 1. The van der Waals surface area contributed by atoms with Gasteiger partial charge in [-0.3, -0.25) is 19.7 Å². The van der Waals surface area contributed by atoms with Crippen LogP contribution in [0.5, 0.6) is 0 Å². The Morgan fingerprint density at radius 1 is 1.14 bits per heavy atom. The number of allylic oxidation sites excluding steroid dienone is 2. The van der Waals surface area contributed by atoms with Crippen LogP contribution in [0.4, 0.5) is 5.69 Å². The molecule has 4 atom stereocenters. The zero-order valence-electron chi connectivity index (χ0n) is 15.5. The summed E-state index contributed by atoms with van der Waals surface area (Å²) in [5.74, 6) is -0.0367. The smallest absolute Gasteiger partial charge is 0.270 e. The molecule has 1 aromatic heterocycles. The van der Waals surface area contributed by atoms with E-state index < -0.39 is 4.92 Å². The minimum Gasteiger partial charge on any atom is -0.455 e. The molecule has 2 heterocycles. The van der Waals surface area contributed by atoms with Crippen molar-refractivity contribution in [2.24, 2.45) is 28.8 Å². The lowest BCUT2D eigenvalue weighted by Crippen LogP contribution is -2.28. The van der Waals surface area contributed by atoms with Gasteiger partial charge in [-0.05, 0) is 42.9 Å². The maximum absolute atomic E-state index is 12.6. The molecule has 8 heteroatoms. The molecule has 8 nitrogen and oxygen atoms in total. The second-order valence-electron chi connectivity index (χ2n) is 7.69. The first-order valence-corrected chi connectivity index (χ1v) is 9.39. The van der Waals surface area contributed by atoms with Gasteiger partial charge in [-0.1, -0.05) is 18.2 Å². The molecule has 2 amide bonds. The van der Waals surface area contributed by atoms with Crippen LogP contribution in [0.2, 0.25) is 0 Å². The molecule has 0 N–H and O–H groups in total. The lowest BCUT2D eigenvalue weighted by Gasteiger charge is -2.13. The molecule has 29 heavy (non-hydrogen) atoms. The van der Waals surface area contributed by atoms with Crippen molar-refractivity contribution >= 4 is 23.7 Å². The van der Waals surface area contributed by atoms with Gasteiger partial charge >= 0.3 is 0 Å². The van der Waals surface area contributed by atoms with Gasteiger partial charge in [-0.15, -0.1) is 0 Å². The Morgan fingerprint density at radius 3 is 2.48 bits per heavy atom. The fourth-order valence-electron chi connectivity index (χ4n) is 4.67.